The highest BCUT2D eigenvalue weighted by molar-refractivity contribution is 6.11. The van der Waals surface area contributed by atoms with E-state index in [1.807, 2.05) is 5.32 Å². The van der Waals surface area contributed by atoms with Crippen LogP contribution in [0.25, 0.3) is 10.9 Å². The zero-order valence-electron chi connectivity index (χ0n) is 15.5. The Hall–Kier alpha value is -2.90. The molecule has 6 N–H and O–H groups in total. The van der Waals surface area contributed by atoms with Crippen molar-refractivity contribution in [3.05, 3.63) is 24.2 Å². The maximum atomic E-state index is 12.5. The molecule has 0 aliphatic heterocycles. The Kier molecular flexibility index (Phi) is 7.36. The fourth-order valence-electron chi connectivity index (χ4n) is 2.49. The van der Waals surface area contributed by atoms with E-state index in [9.17, 15) is 30.0 Å². The lowest BCUT2D eigenvalue weighted by atomic mass is 10.0. The molecule has 0 bridgehead atoms. The van der Waals surface area contributed by atoms with E-state index in [0.29, 0.717) is 11.3 Å². The summed E-state index contributed by atoms with van der Waals surface area (Å²) < 4.78 is 10.3. The number of aliphatic hydroxyl groups is 5. The Bertz CT molecular complexity index is 892. The molecule has 12 heteroatoms. The van der Waals surface area contributed by atoms with E-state index in [1.165, 1.54) is 26.4 Å². The largest absolute Gasteiger partial charge is 0.493 e. The molecule has 1 aromatic heterocycles. The maximum Gasteiger partial charge on any atom is 0.277 e. The molecule has 1 heterocycles. The number of hydrogen-bond acceptors (Lipinski definition) is 11. The van der Waals surface area contributed by atoms with Crippen LogP contribution in [0.3, 0.4) is 0 Å². The number of aromatic nitrogens is 2. The summed E-state index contributed by atoms with van der Waals surface area (Å²) in [6, 6.07) is 2.93. The molecule has 0 saturated heterocycles. The highest BCUT2D eigenvalue weighted by Gasteiger charge is 2.35. The second kappa shape index (κ2) is 9.54. The second-order valence-electron chi connectivity index (χ2n) is 5.94. The molecule has 0 saturated carbocycles. The Labute approximate surface area is 164 Å². The van der Waals surface area contributed by atoms with Crippen LogP contribution >= 0.6 is 0 Å². The van der Waals surface area contributed by atoms with E-state index < -0.39 is 42.8 Å². The van der Waals surface area contributed by atoms with Crippen LogP contribution in [-0.4, -0.2) is 92.6 Å². The number of methoxy groups -OCH3 is 2. The third-order valence-corrected chi connectivity index (χ3v) is 4.12. The van der Waals surface area contributed by atoms with E-state index >= 15 is 0 Å². The van der Waals surface area contributed by atoms with E-state index in [2.05, 4.69) is 9.97 Å². The molecule has 4 unspecified atom stereocenters. The minimum atomic E-state index is -2.27. The first-order valence-electron chi connectivity index (χ1n) is 8.30. The van der Waals surface area contributed by atoms with E-state index in [4.69, 9.17) is 14.6 Å². The number of rotatable bonds is 8. The molecule has 0 aliphatic carbocycles. The van der Waals surface area contributed by atoms with Crippen molar-refractivity contribution in [1.82, 2.24) is 15.3 Å². The van der Waals surface area contributed by atoms with Crippen molar-refractivity contribution in [3.63, 3.8) is 0 Å². The van der Waals surface area contributed by atoms with Gasteiger partial charge in [0.05, 0.1) is 26.3 Å². The maximum absolute atomic E-state index is 12.5. The van der Waals surface area contributed by atoms with Gasteiger partial charge in [0.1, 0.15) is 30.3 Å². The number of aliphatic hydroxyl groups excluding tert-OH is 5. The van der Waals surface area contributed by atoms with Crippen LogP contribution in [0, 0.1) is 0 Å². The van der Waals surface area contributed by atoms with Crippen LogP contribution < -0.4 is 14.8 Å². The monoisotopic (exact) mass is 411 g/mol. The predicted octanol–water partition coefficient (Wildman–Crippen LogP) is -2.66. The number of amides is 2. The fourth-order valence-corrected chi connectivity index (χ4v) is 2.49. The number of fused-ring (bicyclic) bond motifs is 1. The fraction of sp³-hybridized carbons (Fsp3) is 0.412. The van der Waals surface area contributed by atoms with Gasteiger partial charge in [0, 0.05) is 11.5 Å². The Morgan fingerprint density at radius 2 is 1.66 bits per heavy atom. The van der Waals surface area contributed by atoms with Crippen molar-refractivity contribution in [3.8, 4) is 11.5 Å². The van der Waals surface area contributed by atoms with Crippen molar-refractivity contribution in [2.75, 3.05) is 20.8 Å². The number of ether oxygens (including phenoxy) is 2. The van der Waals surface area contributed by atoms with Gasteiger partial charge >= 0.3 is 0 Å². The van der Waals surface area contributed by atoms with Crippen molar-refractivity contribution < 1.29 is 44.6 Å². The minimum absolute atomic E-state index is 0.220. The van der Waals surface area contributed by atoms with Gasteiger partial charge in [-0.05, 0) is 6.07 Å². The summed E-state index contributed by atoms with van der Waals surface area (Å²) in [6.07, 6.45) is -7.15. The van der Waals surface area contributed by atoms with E-state index in [-0.39, 0.29) is 16.8 Å². The normalized spacial score (nSPS) is 15.3. The summed E-state index contributed by atoms with van der Waals surface area (Å²) in [5, 5.41) is 49.3. The summed E-state index contributed by atoms with van der Waals surface area (Å²) in [6.45, 7) is -0.913. The highest BCUT2D eigenvalue weighted by atomic mass is 16.5. The average Bonchev–Trinajstić information content (AvgIpc) is 2.74. The van der Waals surface area contributed by atoms with Gasteiger partial charge in [-0.2, -0.15) is 0 Å². The molecule has 0 radical (unpaired) electrons. The number of benzene rings is 1. The molecule has 1 aromatic carbocycles. The Morgan fingerprint density at radius 1 is 1.03 bits per heavy atom. The molecular formula is C17H21N3O9. The zero-order valence-corrected chi connectivity index (χ0v) is 15.5. The van der Waals surface area contributed by atoms with Crippen molar-refractivity contribution in [1.29, 1.82) is 0 Å². The molecule has 12 nitrogen and oxygen atoms in total. The van der Waals surface area contributed by atoms with Crippen molar-refractivity contribution in [2.45, 2.75) is 24.4 Å². The molecular weight excluding hydrogens is 390 g/mol. The molecule has 2 aromatic rings. The molecule has 0 spiro atoms. The Morgan fingerprint density at radius 3 is 2.24 bits per heavy atom. The number of carbonyl (C=O) groups is 2. The Balaban J connectivity index is 2.26. The third-order valence-electron chi connectivity index (χ3n) is 4.12. The first kappa shape index (κ1) is 22.4. The summed E-state index contributed by atoms with van der Waals surface area (Å²) >= 11 is 0. The molecule has 29 heavy (non-hydrogen) atoms. The average molecular weight is 411 g/mol. The first-order valence-corrected chi connectivity index (χ1v) is 8.30. The summed E-state index contributed by atoms with van der Waals surface area (Å²) in [4.78, 5) is 32.4. The van der Waals surface area contributed by atoms with Crippen LogP contribution in [0.15, 0.2) is 18.5 Å². The quantitative estimate of drug-likeness (QED) is 0.266. The topological polar surface area (TPSA) is 192 Å². The molecule has 0 aliphatic rings. The number of nitrogens with zero attached hydrogens (tertiary/aromatic N) is 2. The van der Waals surface area contributed by atoms with Gasteiger partial charge in [0.2, 0.25) is 0 Å². The SMILES string of the molecule is COc1cc2ncnc(C(=O)NC(=O)C(O)C(O)C(O)C(O)CO)c2cc1OC. The van der Waals surface area contributed by atoms with Crippen molar-refractivity contribution >= 4 is 22.7 Å². The zero-order chi connectivity index (χ0) is 21.7. The number of nitrogens with one attached hydrogen (secondary N) is 1. The van der Waals surface area contributed by atoms with Gasteiger partial charge in [-0.3, -0.25) is 14.9 Å². The minimum Gasteiger partial charge on any atom is -0.493 e. The van der Waals surface area contributed by atoms with Crippen LogP contribution in [0.5, 0.6) is 11.5 Å². The number of carbonyl (C=O) groups excluding carboxylic acids is 2. The highest BCUT2D eigenvalue weighted by Crippen LogP contribution is 2.32. The smallest absolute Gasteiger partial charge is 0.277 e. The van der Waals surface area contributed by atoms with Gasteiger partial charge < -0.3 is 35.0 Å². The summed E-state index contributed by atoms with van der Waals surface area (Å²) in [5.41, 5.74) is 0.0965. The van der Waals surface area contributed by atoms with Gasteiger partial charge in [0.25, 0.3) is 11.8 Å². The molecule has 2 rings (SSSR count). The lowest BCUT2D eigenvalue weighted by molar-refractivity contribution is -0.148. The molecule has 0 fully saturated rings. The van der Waals surface area contributed by atoms with E-state index in [0.717, 1.165) is 6.33 Å². The van der Waals surface area contributed by atoms with Gasteiger partial charge in [-0.25, -0.2) is 9.97 Å². The number of hydrogen-bond donors (Lipinski definition) is 6. The molecule has 2 amide bonds. The summed E-state index contributed by atoms with van der Waals surface area (Å²) in [7, 11) is 2.81. The van der Waals surface area contributed by atoms with Crippen LogP contribution in [-0.2, 0) is 4.79 Å². The van der Waals surface area contributed by atoms with E-state index in [1.54, 1.807) is 0 Å². The van der Waals surface area contributed by atoms with Crippen LogP contribution in [0.2, 0.25) is 0 Å². The van der Waals surface area contributed by atoms with Gasteiger partial charge in [-0.15, -0.1) is 0 Å². The predicted molar refractivity (Wildman–Crippen MR) is 96.2 cm³/mol. The first-order chi connectivity index (χ1) is 13.7. The van der Waals surface area contributed by atoms with Crippen molar-refractivity contribution in [2.24, 2.45) is 0 Å². The lowest BCUT2D eigenvalue weighted by Gasteiger charge is -2.24. The third kappa shape index (κ3) is 4.75. The lowest BCUT2D eigenvalue weighted by Crippen LogP contribution is -2.52. The van der Waals surface area contributed by atoms with Gasteiger partial charge in [-0.1, -0.05) is 0 Å². The van der Waals surface area contributed by atoms with Crippen LogP contribution in [0.4, 0.5) is 0 Å². The molecule has 4 atom stereocenters. The second-order valence-corrected chi connectivity index (χ2v) is 5.94. The summed E-state index contributed by atoms with van der Waals surface area (Å²) in [5.74, 6) is -1.72. The van der Waals surface area contributed by atoms with Crippen LogP contribution in [0.1, 0.15) is 10.5 Å². The number of imide groups is 1. The molecule has 158 valence electrons. The standard InChI is InChI=1S/C17H21N3O9/c1-28-10-3-7-8(4-11(10)29-2)18-6-19-12(7)16(26)20-17(27)15(25)14(24)13(23)9(22)5-21/h3-4,6,9,13-15,21-25H,5H2,1-2H3,(H,20,26,27). The van der Waals surface area contributed by atoms with Gasteiger partial charge in [0.15, 0.2) is 17.6 Å².